The normalized spacial score (nSPS) is 16.2. The van der Waals surface area contributed by atoms with Crippen LogP contribution in [0.1, 0.15) is 41.6 Å². The van der Waals surface area contributed by atoms with Crippen molar-refractivity contribution < 1.29 is 19.1 Å². The van der Waals surface area contributed by atoms with E-state index < -0.39 is 11.4 Å². The van der Waals surface area contributed by atoms with Gasteiger partial charge < -0.3 is 10.0 Å². The third kappa shape index (κ3) is 4.73. The maximum Gasteiger partial charge on any atom is 0.223 e. The zero-order chi connectivity index (χ0) is 19.4. The summed E-state index contributed by atoms with van der Waals surface area (Å²) in [5.74, 6) is -0.689. The lowest BCUT2D eigenvalue weighted by atomic mass is 9.84. The molecule has 6 heteroatoms. The summed E-state index contributed by atoms with van der Waals surface area (Å²) < 4.78 is 12.9. The minimum absolute atomic E-state index is 0.0857. The molecule has 1 heterocycles. The second-order valence-corrected chi connectivity index (χ2v) is 7.29. The molecule has 1 N–H and O–H groups in total. The van der Waals surface area contributed by atoms with Gasteiger partial charge in [-0.05, 0) is 54.8 Å². The summed E-state index contributed by atoms with van der Waals surface area (Å²) in [5.41, 5.74) is 0.233. The first-order valence-corrected chi connectivity index (χ1v) is 9.30. The van der Waals surface area contributed by atoms with Crippen molar-refractivity contribution in [2.24, 2.45) is 0 Å². The molecule has 1 amide bonds. The Morgan fingerprint density at radius 1 is 1.00 bits per heavy atom. The van der Waals surface area contributed by atoms with E-state index in [4.69, 9.17) is 11.6 Å². The first kappa shape index (κ1) is 19.5. The van der Waals surface area contributed by atoms with Crippen molar-refractivity contribution in [1.82, 2.24) is 4.90 Å². The first-order chi connectivity index (χ1) is 12.9. The molecule has 0 unspecified atom stereocenters. The fourth-order valence-electron chi connectivity index (χ4n) is 3.33. The van der Waals surface area contributed by atoms with E-state index in [0.717, 1.165) is 5.56 Å². The Balaban J connectivity index is 1.51. The highest BCUT2D eigenvalue weighted by molar-refractivity contribution is 6.30. The highest BCUT2D eigenvalue weighted by atomic mass is 35.5. The van der Waals surface area contributed by atoms with Gasteiger partial charge >= 0.3 is 0 Å². The number of piperidine rings is 1. The van der Waals surface area contributed by atoms with Crippen LogP contribution < -0.4 is 0 Å². The number of halogens is 2. The zero-order valence-electron chi connectivity index (χ0n) is 14.8. The van der Waals surface area contributed by atoms with Gasteiger partial charge in [-0.25, -0.2) is 4.39 Å². The van der Waals surface area contributed by atoms with E-state index in [1.807, 2.05) is 0 Å². The number of ketones is 1. The fraction of sp³-hybridized carbons (Fsp3) is 0.333. The molecular weight excluding hydrogens is 369 g/mol. The van der Waals surface area contributed by atoms with Gasteiger partial charge in [0.25, 0.3) is 0 Å². The summed E-state index contributed by atoms with van der Waals surface area (Å²) in [7, 11) is 0. The van der Waals surface area contributed by atoms with E-state index >= 15 is 0 Å². The smallest absolute Gasteiger partial charge is 0.223 e. The van der Waals surface area contributed by atoms with Crippen LogP contribution in [0.5, 0.6) is 0 Å². The summed E-state index contributed by atoms with van der Waals surface area (Å²) in [6, 6.07) is 12.4. The number of likely N-dealkylation sites (tertiary alicyclic amines) is 1. The van der Waals surface area contributed by atoms with E-state index in [9.17, 15) is 19.1 Å². The number of Topliss-reactive ketones (excluding diaryl/α,β-unsaturated/α-hetero) is 1. The first-order valence-electron chi connectivity index (χ1n) is 8.92. The highest BCUT2D eigenvalue weighted by Crippen LogP contribution is 2.33. The molecule has 0 aromatic heterocycles. The second kappa shape index (κ2) is 8.19. The van der Waals surface area contributed by atoms with Crippen molar-refractivity contribution in [3.05, 3.63) is 70.5 Å². The molecule has 1 aliphatic rings. The Morgan fingerprint density at radius 3 is 2.19 bits per heavy atom. The van der Waals surface area contributed by atoms with Crippen LogP contribution in [-0.4, -0.2) is 34.8 Å². The number of amides is 1. The number of rotatable bonds is 5. The van der Waals surface area contributed by atoms with Crippen LogP contribution in [0.3, 0.4) is 0 Å². The molecule has 4 nitrogen and oxygen atoms in total. The highest BCUT2D eigenvalue weighted by Gasteiger charge is 2.35. The molecular formula is C21H21ClFNO3. The minimum atomic E-state index is -0.967. The molecule has 0 bridgehead atoms. The predicted molar refractivity (Wildman–Crippen MR) is 101 cm³/mol. The number of aliphatic hydroxyl groups is 1. The summed E-state index contributed by atoms with van der Waals surface area (Å²) >= 11 is 5.89. The van der Waals surface area contributed by atoms with Crippen LogP contribution in [0.4, 0.5) is 4.39 Å². The van der Waals surface area contributed by atoms with Gasteiger partial charge in [0.2, 0.25) is 5.91 Å². The molecule has 142 valence electrons. The lowest BCUT2D eigenvalue weighted by Crippen LogP contribution is -2.45. The topological polar surface area (TPSA) is 57.6 Å². The van der Waals surface area contributed by atoms with E-state index in [2.05, 4.69) is 0 Å². The molecule has 0 radical (unpaired) electrons. The number of hydrogen-bond acceptors (Lipinski definition) is 3. The Labute approximate surface area is 162 Å². The molecule has 2 aromatic rings. The summed E-state index contributed by atoms with van der Waals surface area (Å²) in [4.78, 5) is 26.2. The molecule has 0 atom stereocenters. The largest absolute Gasteiger partial charge is 0.385 e. The Morgan fingerprint density at radius 2 is 1.59 bits per heavy atom. The second-order valence-electron chi connectivity index (χ2n) is 6.85. The quantitative estimate of drug-likeness (QED) is 0.788. The van der Waals surface area contributed by atoms with E-state index in [-0.39, 0.29) is 24.5 Å². The van der Waals surface area contributed by atoms with Gasteiger partial charge in [0, 0.05) is 36.5 Å². The van der Waals surface area contributed by atoms with E-state index in [1.165, 1.54) is 24.3 Å². The third-order valence-electron chi connectivity index (χ3n) is 5.06. The number of nitrogens with zero attached hydrogens (tertiary/aromatic N) is 1. The molecule has 1 fully saturated rings. The van der Waals surface area contributed by atoms with Gasteiger partial charge in [-0.15, -0.1) is 0 Å². The van der Waals surface area contributed by atoms with Crippen molar-refractivity contribution in [3.8, 4) is 0 Å². The number of hydrogen-bond donors (Lipinski definition) is 1. The molecule has 3 rings (SSSR count). The van der Waals surface area contributed by atoms with Gasteiger partial charge in [-0.2, -0.15) is 0 Å². The molecule has 2 aromatic carbocycles. The monoisotopic (exact) mass is 389 g/mol. The fourth-order valence-corrected chi connectivity index (χ4v) is 3.46. The van der Waals surface area contributed by atoms with Crippen molar-refractivity contribution in [2.45, 2.75) is 31.3 Å². The van der Waals surface area contributed by atoms with Crippen LogP contribution in [0.15, 0.2) is 48.5 Å². The van der Waals surface area contributed by atoms with Crippen LogP contribution in [0, 0.1) is 5.82 Å². The van der Waals surface area contributed by atoms with Gasteiger partial charge in [0.1, 0.15) is 5.82 Å². The van der Waals surface area contributed by atoms with Crippen LogP contribution in [0.25, 0.3) is 0 Å². The maximum absolute atomic E-state index is 12.9. The number of carbonyl (C=O) groups is 2. The SMILES string of the molecule is O=C(CCC(=O)N1CCC(O)(c2ccc(Cl)cc2)CC1)c1ccc(F)cc1. The van der Waals surface area contributed by atoms with E-state index in [1.54, 1.807) is 29.2 Å². The molecule has 0 saturated carbocycles. The summed E-state index contributed by atoms with van der Waals surface area (Å²) in [6.45, 7) is 0.866. The van der Waals surface area contributed by atoms with Gasteiger partial charge in [0.05, 0.1) is 5.60 Å². The summed E-state index contributed by atoms with van der Waals surface area (Å²) in [5, 5.41) is 11.5. The standard InChI is InChI=1S/C21H21ClFNO3/c22-17-5-3-16(4-6-17)21(27)11-13-24(14-12-21)20(26)10-9-19(25)15-1-7-18(23)8-2-15/h1-8,27H,9-14H2. The molecule has 1 saturated heterocycles. The average Bonchev–Trinajstić information content (AvgIpc) is 2.67. The molecule has 0 aliphatic carbocycles. The van der Waals surface area contributed by atoms with Gasteiger partial charge in [0.15, 0.2) is 5.78 Å². The van der Waals surface area contributed by atoms with Crippen molar-refractivity contribution in [1.29, 1.82) is 0 Å². The predicted octanol–water partition coefficient (Wildman–Crippen LogP) is 3.95. The Bertz CT molecular complexity index is 812. The van der Waals surface area contributed by atoms with E-state index in [0.29, 0.717) is 36.5 Å². The van der Waals surface area contributed by atoms with Crippen molar-refractivity contribution in [3.63, 3.8) is 0 Å². The minimum Gasteiger partial charge on any atom is -0.385 e. The Hall–Kier alpha value is -2.24. The van der Waals surface area contributed by atoms with Crippen LogP contribution in [-0.2, 0) is 10.4 Å². The maximum atomic E-state index is 12.9. The zero-order valence-corrected chi connectivity index (χ0v) is 15.6. The Kier molecular flexibility index (Phi) is 5.92. The number of carbonyl (C=O) groups excluding carboxylic acids is 2. The van der Waals surface area contributed by atoms with Crippen molar-refractivity contribution in [2.75, 3.05) is 13.1 Å². The molecule has 27 heavy (non-hydrogen) atoms. The van der Waals surface area contributed by atoms with Gasteiger partial charge in [-0.3, -0.25) is 9.59 Å². The van der Waals surface area contributed by atoms with Gasteiger partial charge in [-0.1, -0.05) is 23.7 Å². The molecule has 0 spiro atoms. The van der Waals surface area contributed by atoms with Crippen molar-refractivity contribution >= 4 is 23.3 Å². The average molecular weight is 390 g/mol. The molecule has 1 aliphatic heterocycles. The van der Waals surface area contributed by atoms with Crippen LogP contribution in [0.2, 0.25) is 5.02 Å². The number of benzene rings is 2. The lowest BCUT2D eigenvalue weighted by Gasteiger charge is -2.38. The summed E-state index contributed by atoms with van der Waals surface area (Å²) in [6.07, 6.45) is 1.07. The lowest BCUT2D eigenvalue weighted by molar-refractivity contribution is -0.135. The van der Waals surface area contributed by atoms with Crippen LogP contribution >= 0.6 is 11.6 Å². The third-order valence-corrected chi connectivity index (χ3v) is 5.31.